The molecule has 25 heavy (non-hydrogen) atoms. The highest BCUT2D eigenvalue weighted by Crippen LogP contribution is 2.30. The van der Waals surface area contributed by atoms with Crippen molar-refractivity contribution in [3.05, 3.63) is 77.7 Å². The van der Waals surface area contributed by atoms with Gasteiger partial charge in [0.05, 0.1) is 6.20 Å². The number of halogens is 1. The molecule has 1 aromatic heterocycles. The predicted molar refractivity (Wildman–Crippen MR) is 91.6 cm³/mol. The molecular weight excluding hydrogens is 319 g/mol. The quantitative estimate of drug-likeness (QED) is 0.723. The van der Waals surface area contributed by atoms with Crippen molar-refractivity contribution >= 4 is 5.91 Å². The van der Waals surface area contributed by atoms with E-state index in [1.807, 2.05) is 23.1 Å². The van der Waals surface area contributed by atoms with Crippen LogP contribution < -0.4 is 0 Å². The van der Waals surface area contributed by atoms with E-state index in [9.17, 15) is 9.18 Å². The molecule has 4 nitrogen and oxygen atoms in total. The van der Waals surface area contributed by atoms with E-state index in [1.165, 1.54) is 23.9 Å². The van der Waals surface area contributed by atoms with Crippen LogP contribution in [-0.2, 0) is 0 Å². The summed E-state index contributed by atoms with van der Waals surface area (Å²) in [4.78, 5) is 14.7. The van der Waals surface area contributed by atoms with Gasteiger partial charge < -0.3 is 9.42 Å². The van der Waals surface area contributed by atoms with Crippen LogP contribution in [0.25, 0.3) is 11.3 Å². The van der Waals surface area contributed by atoms with Crippen LogP contribution in [0.1, 0.15) is 28.3 Å². The smallest absolute Gasteiger partial charge is 0.259 e. The molecule has 1 amide bonds. The summed E-state index contributed by atoms with van der Waals surface area (Å²) in [6, 6.07) is 16.1. The number of hydrogen-bond donors (Lipinski definition) is 0. The van der Waals surface area contributed by atoms with Gasteiger partial charge in [-0.1, -0.05) is 35.5 Å². The summed E-state index contributed by atoms with van der Waals surface area (Å²) in [5, 5.41) is 3.77. The van der Waals surface area contributed by atoms with Gasteiger partial charge in [0.25, 0.3) is 5.91 Å². The molecule has 3 aromatic rings. The van der Waals surface area contributed by atoms with E-state index in [0.717, 1.165) is 6.42 Å². The van der Waals surface area contributed by atoms with Gasteiger partial charge in [-0.25, -0.2) is 4.39 Å². The number of carbonyl (C=O) groups excluding carboxylic acids is 1. The fraction of sp³-hybridized carbons (Fsp3) is 0.200. The van der Waals surface area contributed by atoms with E-state index in [4.69, 9.17) is 4.52 Å². The lowest BCUT2D eigenvalue weighted by atomic mass is 9.99. The van der Waals surface area contributed by atoms with Crippen molar-refractivity contribution < 1.29 is 13.7 Å². The Bertz CT molecular complexity index is 874. The Morgan fingerprint density at radius 3 is 2.64 bits per heavy atom. The van der Waals surface area contributed by atoms with Crippen molar-refractivity contribution in [2.45, 2.75) is 12.3 Å². The van der Waals surface area contributed by atoms with Gasteiger partial charge >= 0.3 is 0 Å². The van der Waals surface area contributed by atoms with Gasteiger partial charge in [0, 0.05) is 24.6 Å². The number of nitrogens with zero attached hydrogens (tertiary/aromatic N) is 2. The minimum Gasteiger partial charge on any atom is -0.355 e. The Hall–Kier alpha value is -2.95. The van der Waals surface area contributed by atoms with Crippen LogP contribution in [0.3, 0.4) is 0 Å². The largest absolute Gasteiger partial charge is 0.355 e. The number of amides is 1. The average molecular weight is 336 g/mol. The molecule has 2 aromatic carbocycles. The Labute approximate surface area is 144 Å². The van der Waals surface area contributed by atoms with Gasteiger partial charge in [-0.2, -0.15) is 0 Å². The van der Waals surface area contributed by atoms with Crippen molar-refractivity contribution in [3.8, 4) is 11.3 Å². The first-order valence-corrected chi connectivity index (χ1v) is 8.27. The molecule has 1 aliphatic heterocycles. The van der Waals surface area contributed by atoms with Gasteiger partial charge in [0.15, 0.2) is 5.76 Å². The lowest BCUT2D eigenvalue weighted by Crippen LogP contribution is -2.28. The number of hydrogen-bond acceptors (Lipinski definition) is 3. The molecule has 0 bridgehead atoms. The maximum atomic E-state index is 13.1. The zero-order valence-electron chi connectivity index (χ0n) is 13.6. The topological polar surface area (TPSA) is 46.3 Å². The zero-order chi connectivity index (χ0) is 17.2. The first kappa shape index (κ1) is 15.6. The monoisotopic (exact) mass is 336 g/mol. The number of benzene rings is 2. The Morgan fingerprint density at radius 1 is 1.12 bits per heavy atom. The molecule has 1 aliphatic rings. The second kappa shape index (κ2) is 6.51. The molecule has 0 spiro atoms. The van der Waals surface area contributed by atoms with Crippen molar-refractivity contribution in [3.63, 3.8) is 0 Å². The van der Waals surface area contributed by atoms with Crippen LogP contribution in [0.4, 0.5) is 4.39 Å². The summed E-state index contributed by atoms with van der Waals surface area (Å²) in [5.41, 5.74) is 2.31. The number of likely N-dealkylation sites (tertiary alicyclic amines) is 1. The normalized spacial score (nSPS) is 17.0. The van der Waals surface area contributed by atoms with Gasteiger partial charge in [0.1, 0.15) is 11.4 Å². The first-order valence-electron chi connectivity index (χ1n) is 8.27. The SMILES string of the molecule is O=C(c1cnoc1-c1ccc(F)cc1)N1CC[C@@H](c2ccccc2)C1. The molecule has 0 radical (unpaired) electrons. The molecule has 0 saturated carbocycles. The third-order valence-corrected chi connectivity index (χ3v) is 4.65. The molecule has 5 heteroatoms. The van der Waals surface area contributed by atoms with Crippen molar-refractivity contribution in [1.29, 1.82) is 0 Å². The minimum atomic E-state index is -0.332. The second-order valence-electron chi connectivity index (χ2n) is 6.22. The lowest BCUT2D eigenvalue weighted by molar-refractivity contribution is 0.0791. The summed E-state index contributed by atoms with van der Waals surface area (Å²) >= 11 is 0. The molecule has 0 unspecified atom stereocenters. The van der Waals surface area contributed by atoms with Gasteiger partial charge in [0.2, 0.25) is 0 Å². The van der Waals surface area contributed by atoms with Gasteiger partial charge in [-0.15, -0.1) is 0 Å². The van der Waals surface area contributed by atoms with Gasteiger partial charge in [-0.05, 0) is 36.2 Å². The molecule has 4 rings (SSSR count). The van der Waals surface area contributed by atoms with Crippen LogP contribution in [-0.4, -0.2) is 29.1 Å². The maximum absolute atomic E-state index is 13.1. The molecule has 1 atom stereocenters. The fourth-order valence-corrected chi connectivity index (χ4v) is 3.31. The number of rotatable bonds is 3. The Balaban J connectivity index is 1.55. The van der Waals surface area contributed by atoms with E-state index in [1.54, 1.807) is 12.1 Å². The third kappa shape index (κ3) is 3.05. The van der Waals surface area contributed by atoms with Crippen molar-refractivity contribution in [1.82, 2.24) is 10.1 Å². The van der Waals surface area contributed by atoms with Crippen molar-refractivity contribution in [2.24, 2.45) is 0 Å². The summed E-state index contributed by atoms with van der Waals surface area (Å²) in [6.45, 7) is 1.38. The van der Waals surface area contributed by atoms with Crippen LogP contribution in [0.2, 0.25) is 0 Å². The fourth-order valence-electron chi connectivity index (χ4n) is 3.31. The molecule has 126 valence electrons. The highest BCUT2D eigenvalue weighted by molar-refractivity contribution is 5.99. The van der Waals surface area contributed by atoms with Crippen LogP contribution in [0.5, 0.6) is 0 Å². The second-order valence-corrected chi connectivity index (χ2v) is 6.22. The standard InChI is InChI=1S/C20H17FN2O2/c21-17-8-6-15(7-9-17)19-18(12-22-25-19)20(24)23-11-10-16(13-23)14-4-2-1-3-5-14/h1-9,12,16H,10-11,13H2/t16-/m1/s1. The Morgan fingerprint density at radius 2 is 1.88 bits per heavy atom. The van der Waals surface area contributed by atoms with Crippen LogP contribution in [0.15, 0.2) is 65.3 Å². The molecule has 1 saturated heterocycles. The summed E-state index contributed by atoms with van der Waals surface area (Å²) in [6.07, 6.45) is 2.38. The van der Waals surface area contributed by atoms with Gasteiger partial charge in [-0.3, -0.25) is 4.79 Å². The maximum Gasteiger partial charge on any atom is 0.259 e. The highest BCUT2D eigenvalue weighted by atomic mass is 19.1. The molecule has 0 N–H and O–H groups in total. The minimum absolute atomic E-state index is 0.0981. The van der Waals surface area contributed by atoms with E-state index >= 15 is 0 Å². The third-order valence-electron chi connectivity index (χ3n) is 4.65. The summed E-state index contributed by atoms with van der Waals surface area (Å²) in [5.74, 6) is 0.299. The van der Waals surface area contributed by atoms with E-state index in [2.05, 4.69) is 17.3 Å². The summed E-state index contributed by atoms with van der Waals surface area (Å²) in [7, 11) is 0. The lowest BCUT2D eigenvalue weighted by Gasteiger charge is -2.16. The molecule has 1 fully saturated rings. The predicted octanol–water partition coefficient (Wildman–Crippen LogP) is 4.11. The molecule has 2 heterocycles. The average Bonchev–Trinajstić information content (AvgIpc) is 3.32. The highest BCUT2D eigenvalue weighted by Gasteiger charge is 2.30. The summed E-state index contributed by atoms with van der Waals surface area (Å²) < 4.78 is 18.4. The molecular formula is C20H17FN2O2. The van der Waals surface area contributed by atoms with Crippen LogP contribution >= 0.6 is 0 Å². The van der Waals surface area contributed by atoms with E-state index in [-0.39, 0.29) is 11.7 Å². The number of aromatic nitrogens is 1. The Kier molecular flexibility index (Phi) is 4.06. The zero-order valence-corrected chi connectivity index (χ0v) is 13.6. The number of carbonyl (C=O) groups is 1. The van der Waals surface area contributed by atoms with E-state index in [0.29, 0.717) is 35.9 Å². The first-order chi connectivity index (χ1) is 12.2. The van der Waals surface area contributed by atoms with Crippen LogP contribution in [0, 0.1) is 5.82 Å². The molecule has 0 aliphatic carbocycles. The van der Waals surface area contributed by atoms with E-state index < -0.39 is 0 Å². The van der Waals surface area contributed by atoms with Crippen molar-refractivity contribution in [2.75, 3.05) is 13.1 Å².